The zero-order valence-electron chi connectivity index (χ0n) is 16.3. The predicted molar refractivity (Wildman–Crippen MR) is 113 cm³/mol. The second-order valence-electron chi connectivity index (χ2n) is 6.96. The first-order valence-electron chi connectivity index (χ1n) is 9.66. The van der Waals surface area contributed by atoms with Crippen LogP contribution in [-0.4, -0.2) is 9.78 Å². The Labute approximate surface area is 174 Å². The standard InChI is InChI=1S/C25H20FN3O/c26-23-10-8-21(9-11-23)25-22(14-15-27)17-29(28-25)16-19-6-12-24(13-7-19)30-18-20-4-2-1-3-5-20/h1-13,17H,14,16,18H2. The van der Waals surface area contributed by atoms with Crippen molar-refractivity contribution < 1.29 is 9.13 Å². The SMILES string of the molecule is N#CCc1cn(Cc2ccc(OCc3ccccc3)cc2)nc1-c1ccc(F)cc1. The average molecular weight is 397 g/mol. The Hall–Kier alpha value is -3.91. The zero-order valence-corrected chi connectivity index (χ0v) is 16.3. The average Bonchev–Trinajstić information content (AvgIpc) is 3.17. The number of hydrogen-bond acceptors (Lipinski definition) is 3. The van der Waals surface area contributed by atoms with Crippen molar-refractivity contribution in [1.29, 1.82) is 5.26 Å². The van der Waals surface area contributed by atoms with Gasteiger partial charge in [-0.25, -0.2) is 4.39 Å². The van der Waals surface area contributed by atoms with Crippen molar-refractivity contribution in [2.24, 2.45) is 0 Å². The zero-order chi connectivity index (χ0) is 20.8. The Morgan fingerprint density at radius 1 is 0.900 bits per heavy atom. The number of nitrogens with zero attached hydrogens (tertiary/aromatic N) is 3. The molecule has 30 heavy (non-hydrogen) atoms. The normalized spacial score (nSPS) is 10.5. The van der Waals surface area contributed by atoms with E-state index in [-0.39, 0.29) is 12.2 Å². The van der Waals surface area contributed by atoms with Crippen LogP contribution in [0.5, 0.6) is 5.75 Å². The molecule has 0 aliphatic heterocycles. The van der Waals surface area contributed by atoms with Gasteiger partial charge < -0.3 is 4.74 Å². The van der Waals surface area contributed by atoms with Crippen LogP contribution in [0.2, 0.25) is 0 Å². The van der Waals surface area contributed by atoms with E-state index in [1.54, 1.807) is 12.1 Å². The van der Waals surface area contributed by atoms with Crippen LogP contribution in [0.4, 0.5) is 4.39 Å². The van der Waals surface area contributed by atoms with Gasteiger partial charge in [-0.2, -0.15) is 10.4 Å². The Morgan fingerprint density at radius 2 is 1.63 bits per heavy atom. The van der Waals surface area contributed by atoms with E-state index in [0.29, 0.717) is 18.8 Å². The molecule has 1 aromatic heterocycles. The molecule has 0 atom stereocenters. The number of hydrogen-bond donors (Lipinski definition) is 0. The number of nitriles is 1. The van der Waals surface area contributed by atoms with Gasteiger partial charge in [0.05, 0.1) is 24.7 Å². The van der Waals surface area contributed by atoms with Crippen molar-refractivity contribution in [3.05, 3.63) is 108 Å². The lowest BCUT2D eigenvalue weighted by Crippen LogP contribution is -2.01. The summed E-state index contributed by atoms with van der Waals surface area (Å²) in [6.45, 7) is 1.09. The minimum atomic E-state index is -0.297. The fraction of sp³-hybridized carbons (Fsp3) is 0.120. The summed E-state index contributed by atoms with van der Waals surface area (Å²) >= 11 is 0. The molecular weight excluding hydrogens is 377 g/mol. The second kappa shape index (κ2) is 9.06. The molecule has 0 saturated heterocycles. The molecule has 0 aliphatic rings. The molecule has 0 spiro atoms. The molecule has 5 heteroatoms. The highest BCUT2D eigenvalue weighted by Gasteiger charge is 2.12. The first-order chi connectivity index (χ1) is 14.7. The van der Waals surface area contributed by atoms with Crippen LogP contribution in [0.3, 0.4) is 0 Å². The molecule has 0 radical (unpaired) electrons. The molecule has 4 nitrogen and oxygen atoms in total. The summed E-state index contributed by atoms with van der Waals surface area (Å²) in [6, 6.07) is 26.3. The molecule has 148 valence electrons. The first-order valence-corrected chi connectivity index (χ1v) is 9.66. The minimum Gasteiger partial charge on any atom is -0.489 e. The number of benzene rings is 3. The molecule has 4 rings (SSSR count). The fourth-order valence-corrected chi connectivity index (χ4v) is 3.23. The summed E-state index contributed by atoms with van der Waals surface area (Å²) < 4.78 is 20.9. The first kappa shape index (κ1) is 19.4. The molecule has 1 heterocycles. The smallest absolute Gasteiger partial charge is 0.123 e. The lowest BCUT2D eigenvalue weighted by atomic mass is 10.1. The maximum atomic E-state index is 13.2. The largest absolute Gasteiger partial charge is 0.489 e. The van der Waals surface area contributed by atoms with E-state index in [4.69, 9.17) is 10.00 Å². The van der Waals surface area contributed by atoms with E-state index in [2.05, 4.69) is 11.2 Å². The van der Waals surface area contributed by atoms with Crippen LogP contribution in [0, 0.1) is 17.1 Å². The molecule has 0 unspecified atom stereocenters. The lowest BCUT2D eigenvalue weighted by molar-refractivity contribution is 0.306. The molecular formula is C25H20FN3O. The highest BCUT2D eigenvalue weighted by molar-refractivity contribution is 5.63. The summed E-state index contributed by atoms with van der Waals surface area (Å²) in [5.74, 6) is 0.509. The van der Waals surface area contributed by atoms with E-state index >= 15 is 0 Å². The van der Waals surface area contributed by atoms with Gasteiger partial charge in [-0.15, -0.1) is 0 Å². The van der Waals surface area contributed by atoms with E-state index in [9.17, 15) is 4.39 Å². The van der Waals surface area contributed by atoms with Crippen molar-refractivity contribution in [1.82, 2.24) is 9.78 Å². The van der Waals surface area contributed by atoms with Gasteiger partial charge in [-0.05, 0) is 47.5 Å². The Kier molecular flexibility index (Phi) is 5.86. The van der Waals surface area contributed by atoms with Crippen LogP contribution in [0.1, 0.15) is 16.7 Å². The predicted octanol–water partition coefficient (Wildman–Crippen LogP) is 5.38. The Morgan fingerprint density at radius 3 is 2.33 bits per heavy atom. The Bertz CT molecular complexity index is 1140. The van der Waals surface area contributed by atoms with Crippen molar-refractivity contribution in [2.45, 2.75) is 19.6 Å². The fourth-order valence-electron chi connectivity index (χ4n) is 3.23. The van der Waals surface area contributed by atoms with E-state index in [0.717, 1.165) is 28.0 Å². The molecule has 0 saturated carbocycles. The third-order valence-corrected chi connectivity index (χ3v) is 4.74. The van der Waals surface area contributed by atoms with Crippen molar-refractivity contribution in [3.8, 4) is 23.1 Å². The van der Waals surface area contributed by atoms with Gasteiger partial charge in [0.25, 0.3) is 0 Å². The number of halogens is 1. The van der Waals surface area contributed by atoms with Crippen LogP contribution in [0.25, 0.3) is 11.3 Å². The van der Waals surface area contributed by atoms with Gasteiger partial charge in [0.2, 0.25) is 0 Å². The maximum Gasteiger partial charge on any atom is 0.123 e. The molecule has 0 aliphatic carbocycles. The summed E-state index contributed by atoms with van der Waals surface area (Å²) in [6.07, 6.45) is 2.13. The van der Waals surface area contributed by atoms with E-state index in [1.807, 2.05) is 65.5 Å². The highest BCUT2D eigenvalue weighted by Crippen LogP contribution is 2.23. The number of aromatic nitrogens is 2. The van der Waals surface area contributed by atoms with Gasteiger partial charge in [0.1, 0.15) is 18.2 Å². The molecule has 4 aromatic rings. The topological polar surface area (TPSA) is 50.8 Å². The number of rotatable bonds is 7. The maximum absolute atomic E-state index is 13.2. The van der Waals surface area contributed by atoms with E-state index < -0.39 is 0 Å². The van der Waals surface area contributed by atoms with Crippen molar-refractivity contribution in [3.63, 3.8) is 0 Å². The summed E-state index contributed by atoms with van der Waals surface area (Å²) in [7, 11) is 0. The molecule has 0 bridgehead atoms. The van der Waals surface area contributed by atoms with Gasteiger partial charge in [-0.1, -0.05) is 42.5 Å². The third-order valence-electron chi connectivity index (χ3n) is 4.74. The Balaban J connectivity index is 1.46. The monoisotopic (exact) mass is 397 g/mol. The number of ether oxygens (including phenoxy) is 1. The summed E-state index contributed by atoms with van der Waals surface area (Å²) in [5.41, 5.74) is 4.52. The van der Waals surface area contributed by atoms with Crippen molar-refractivity contribution >= 4 is 0 Å². The van der Waals surface area contributed by atoms with Crippen LogP contribution in [-0.2, 0) is 19.6 Å². The molecule has 3 aromatic carbocycles. The van der Waals surface area contributed by atoms with Crippen LogP contribution < -0.4 is 4.74 Å². The molecule has 0 amide bonds. The molecule has 0 N–H and O–H groups in total. The molecule has 0 fully saturated rings. The van der Waals surface area contributed by atoms with E-state index in [1.165, 1.54) is 12.1 Å². The summed E-state index contributed by atoms with van der Waals surface area (Å²) in [5, 5.41) is 13.8. The second-order valence-corrected chi connectivity index (χ2v) is 6.96. The third kappa shape index (κ3) is 4.73. The van der Waals surface area contributed by atoms with Gasteiger partial charge >= 0.3 is 0 Å². The minimum absolute atomic E-state index is 0.249. The lowest BCUT2D eigenvalue weighted by Gasteiger charge is -2.07. The van der Waals surface area contributed by atoms with Gasteiger partial charge in [0, 0.05) is 17.3 Å². The summed E-state index contributed by atoms with van der Waals surface area (Å²) in [4.78, 5) is 0. The van der Waals surface area contributed by atoms with Crippen LogP contribution in [0.15, 0.2) is 85.1 Å². The highest BCUT2D eigenvalue weighted by atomic mass is 19.1. The van der Waals surface area contributed by atoms with Gasteiger partial charge in [0.15, 0.2) is 0 Å². The van der Waals surface area contributed by atoms with Crippen molar-refractivity contribution in [2.75, 3.05) is 0 Å². The van der Waals surface area contributed by atoms with Crippen LogP contribution >= 0.6 is 0 Å². The van der Waals surface area contributed by atoms with Gasteiger partial charge in [-0.3, -0.25) is 4.68 Å². The quantitative estimate of drug-likeness (QED) is 0.421.